The third-order valence-electron chi connectivity index (χ3n) is 4.65. The van der Waals surface area contributed by atoms with Crippen molar-refractivity contribution in [3.8, 4) is 0 Å². The SMILES string of the molecule is Cl.O=C(NC1(c2ccc(Cl)cc2)CCCC1)C1CCNC1. The van der Waals surface area contributed by atoms with Gasteiger partial charge >= 0.3 is 0 Å². The highest BCUT2D eigenvalue weighted by atomic mass is 35.5. The second-order valence-corrected chi connectivity index (χ2v) is 6.41. The molecule has 0 bridgehead atoms. The number of nitrogens with one attached hydrogen (secondary N) is 2. The highest BCUT2D eigenvalue weighted by Gasteiger charge is 2.38. The molecule has 2 N–H and O–H groups in total. The lowest BCUT2D eigenvalue weighted by molar-refractivity contribution is -0.126. The van der Waals surface area contributed by atoms with Gasteiger partial charge in [-0.25, -0.2) is 0 Å². The Morgan fingerprint density at radius 1 is 1.24 bits per heavy atom. The Morgan fingerprint density at radius 2 is 1.90 bits per heavy atom. The summed E-state index contributed by atoms with van der Waals surface area (Å²) in [6.07, 6.45) is 5.35. The molecule has 1 aliphatic carbocycles. The fourth-order valence-electron chi connectivity index (χ4n) is 3.45. The van der Waals surface area contributed by atoms with E-state index in [0.717, 1.165) is 37.4 Å². The maximum absolute atomic E-state index is 12.5. The summed E-state index contributed by atoms with van der Waals surface area (Å²) in [6.45, 7) is 1.76. The van der Waals surface area contributed by atoms with Crippen molar-refractivity contribution in [1.29, 1.82) is 0 Å². The summed E-state index contributed by atoms with van der Waals surface area (Å²) in [6, 6.07) is 7.95. The lowest BCUT2D eigenvalue weighted by atomic mass is 9.87. The summed E-state index contributed by atoms with van der Waals surface area (Å²) in [4.78, 5) is 12.5. The molecule has 1 aromatic rings. The predicted molar refractivity (Wildman–Crippen MR) is 88.0 cm³/mol. The molecule has 0 spiro atoms. The predicted octanol–water partition coefficient (Wildman–Crippen LogP) is 3.26. The number of carbonyl (C=O) groups is 1. The molecule has 21 heavy (non-hydrogen) atoms. The first-order chi connectivity index (χ1) is 9.70. The van der Waals surface area contributed by atoms with Crippen LogP contribution in [0.2, 0.25) is 5.02 Å². The van der Waals surface area contributed by atoms with Crippen LogP contribution in [-0.4, -0.2) is 19.0 Å². The minimum Gasteiger partial charge on any atom is -0.346 e. The van der Waals surface area contributed by atoms with Gasteiger partial charge in [-0.05, 0) is 43.5 Å². The van der Waals surface area contributed by atoms with Gasteiger partial charge in [0, 0.05) is 11.6 Å². The number of hydrogen-bond acceptors (Lipinski definition) is 2. The molecule has 1 heterocycles. The van der Waals surface area contributed by atoms with Crippen molar-refractivity contribution in [2.75, 3.05) is 13.1 Å². The van der Waals surface area contributed by atoms with Crippen molar-refractivity contribution >= 4 is 29.9 Å². The van der Waals surface area contributed by atoms with Crippen LogP contribution in [0.25, 0.3) is 0 Å². The zero-order chi connectivity index (χ0) is 14.0. The van der Waals surface area contributed by atoms with Gasteiger partial charge in [-0.3, -0.25) is 4.79 Å². The number of hydrogen-bond donors (Lipinski definition) is 2. The number of benzene rings is 1. The summed E-state index contributed by atoms with van der Waals surface area (Å²) in [5, 5.41) is 7.35. The summed E-state index contributed by atoms with van der Waals surface area (Å²) in [5.41, 5.74) is 1.02. The van der Waals surface area contributed by atoms with E-state index in [0.29, 0.717) is 0 Å². The maximum Gasteiger partial charge on any atom is 0.225 e. The van der Waals surface area contributed by atoms with Crippen molar-refractivity contribution in [2.45, 2.75) is 37.6 Å². The molecule has 3 rings (SSSR count). The van der Waals surface area contributed by atoms with Crippen LogP contribution in [0.1, 0.15) is 37.7 Å². The van der Waals surface area contributed by atoms with E-state index in [2.05, 4.69) is 22.8 Å². The quantitative estimate of drug-likeness (QED) is 0.894. The summed E-state index contributed by atoms with van der Waals surface area (Å²) in [5.74, 6) is 0.326. The Balaban J connectivity index is 0.00000161. The molecule has 2 aliphatic rings. The van der Waals surface area contributed by atoms with E-state index < -0.39 is 0 Å². The third kappa shape index (κ3) is 3.53. The highest BCUT2D eigenvalue weighted by Crippen LogP contribution is 2.39. The van der Waals surface area contributed by atoms with Crippen LogP contribution in [0.4, 0.5) is 0 Å². The Morgan fingerprint density at radius 3 is 2.48 bits per heavy atom. The number of carbonyl (C=O) groups excluding carboxylic acids is 1. The second-order valence-electron chi connectivity index (χ2n) is 5.98. The van der Waals surface area contributed by atoms with E-state index in [-0.39, 0.29) is 29.8 Å². The van der Waals surface area contributed by atoms with Crippen molar-refractivity contribution in [3.63, 3.8) is 0 Å². The Labute approximate surface area is 137 Å². The van der Waals surface area contributed by atoms with Crippen molar-refractivity contribution in [2.24, 2.45) is 5.92 Å². The Kier molecular flexibility index (Phi) is 5.53. The first-order valence-electron chi connectivity index (χ1n) is 7.48. The molecule has 1 aliphatic heterocycles. The summed E-state index contributed by atoms with van der Waals surface area (Å²) in [7, 11) is 0. The van der Waals surface area contributed by atoms with Crippen LogP contribution >= 0.6 is 24.0 Å². The molecule has 3 nitrogen and oxygen atoms in total. The minimum absolute atomic E-state index is 0. The van der Waals surface area contributed by atoms with Gasteiger partial charge in [0.25, 0.3) is 0 Å². The topological polar surface area (TPSA) is 41.1 Å². The first kappa shape index (κ1) is 16.6. The van der Waals surface area contributed by atoms with E-state index >= 15 is 0 Å². The van der Waals surface area contributed by atoms with Crippen LogP contribution in [0, 0.1) is 5.92 Å². The van der Waals surface area contributed by atoms with E-state index in [1.807, 2.05) is 12.1 Å². The van der Waals surface area contributed by atoms with Crippen LogP contribution < -0.4 is 10.6 Å². The molecular formula is C16H22Cl2N2O. The number of rotatable bonds is 3. The van der Waals surface area contributed by atoms with E-state index in [1.54, 1.807) is 0 Å². The zero-order valence-corrected chi connectivity index (χ0v) is 13.6. The average molecular weight is 329 g/mol. The van der Waals surface area contributed by atoms with Gasteiger partial charge in [-0.2, -0.15) is 0 Å². The second kappa shape index (κ2) is 6.99. The molecule has 1 unspecified atom stereocenters. The van der Waals surface area contributed by atoms with Crippen LogP contribution in [-0.2, 0) is 10.3 Å². The lowest BCUT2D eigenvalue weighted by Crippen LogP contribution is -2.46. The van der Waals surface area contributed by atoms with Crippen molar-refractivity contribution in [1.82, 2.24) is 10.6 Å². The van der Waals surface area contributed by atoms with Crippen LogP contribution in [0.15, 0.2) is 24.3 Å². The largest absolute Gasteiger partial charge is 0.346 e. The molecule has 0 radical (unpaired) electrons. The highest BCUT2D eigenvalue weighted by molar-refractivity contribution is 6.30. The molecule has 0 aromatic heterocycles. The molecule has 5 heteroatoms. The zero-order valence-electron chi connectivity index (χ0n) is 12.0. The molecule has 1 amide bonds. The number of amides is 1. The molecule has 1 saturated heterocycles. The Bertz CT molecular complexity index is 478. The fraction of sp³-hybridized carbons (Fsp3) is 0.562. The number of halogens is 2. The van der Waals surface area contributed by atoms with Gasteiger partial charge in [0.15, 0.2) is 0 Å². The summed E-state index contributed by atoms with van der Waals surface area (Å²) >= 11 is 5.98. The van der Waals surface area contributed by atoms with Crippen LogP contribution in [0.5, 0.6) is 0 Å². The monoisotopic (exact) mass is 328 g/mol. The van der Waals surface area contributed by atoms with Gasteiger partial charge < -0.3 is 10.6 Å². The van der Waals surface area contributed by atoms with Crippen molar-refractivity contribution in [3.05, 3.63) is 34.9 Å². The van der Waals surface area contributed by atoms with Gasteiger partial charge in [0.05, 0.1) is 11.5 Å². The normalized spacial score (nSPS) is 23.6. The maximum atomic E-state index is 12.5. The van der Waals surface area contributed by atoms with Gasteiger partial charge in [-0.1, -0.05) is 36.6 Å². The Hall–Kier alpha value is -0.770. The molecule has 1 aromatic carbocycles. The molecular weight excluding hydrogens is 307 g/mol. The fourth-order valence-corrected chi connectivity index (χ4v) is 3.58. The van der Waals surface area contributed by atoms with E-state index in [4.69, 9.17) is 11.6 Å². The lowest BCUT2D eigenvalue weighted by Gasteiger charge is -2.32. The third-order valence-corrected chi connectivity index (χ3v) is 4.90. The average Bonchev–Trinajstić information content (AvgIpc) is 3.10. The minimum atomic E-state index is -0.176. The first-order valence-corrected chi connectivity index (χ1v) is 7.86. The van der Waals surface area contributed by atoms with Gasteiger partial charge in [0.2, 0.25) is 5.91 Å². The standard InChI is InChI=1S/C16H21ClN2O.ClH/c17-14-5-3-13(4-6-14)16(8-1-2-9-16)19-15(20)12-7-10-18-11-12;/h3-6,12,18H,1-2,7-11H2,(H,19,20);1H. The molecule has 2 fully saturated rings. The molecule has 1 saturated carbocycles. The van der Waals surface area contributed by atoms with Crippen molar-refractivity contribution < 1.29 is 4.79 Å². The van der Waals surface area contributed by atoms with Gasteiger partial charge in [0.1, 0.15) is 0 Å². The molecule has 1 atom stereocenters. The smallest absolute Gasteiger partial charge is 0.225 e. The van der Waals surface area contributed by atoms with Crippen LogP contribution in [0.3, 0.4) is 0 Å². The van der Waals surface area contributed by atoms with E-state index in [9.17, 15) is 4.79 Å². The van der Waals surface area contributed by atoms with Gasteiger partial charge in [-0.15, -0.1) is 12.4 Å². The summed E-state index contributed by atoms with van der Waals surface area (Å²) < 4.78 is 0. The molecule has 116 valence electrons. The van der Waals surface area contributed by atoms with E-state index in [1.165, 1.54) is 18.4 Å².